The molecule has 4 bridgehead atoms. The molecule has 0 aromatic heterocycles. The van der Waals surface area contributed by atoms with Crippen molar-refractivity contribution >= 4 is 5.97 Å². The summed E-state index contributed by atoms with van der Waals surface area (Å²) in [7, 11) is 0. The second-order valence-electron chi connectivity index (χ2n) is 6.69. The van der Waals surface area contributed by atoms with Gasteiger partial charge < -0.3 is 9.47 Å². The molecule has 4 rings (SSSR count). The van der Waals surface area contributed by atoms with Gasteiger partial charge in [-0.2, -0.15) is 0 Å². The van der Waals surface area contributed by atoms with Gasteiger partial charge in [-0.1, -0.05) is 0 Å². The quantitative estimate of drug-likeness (QED) is 0.557. The molecule has 4 aliphatic carbocycles. The van der Waals surface area contributed by atoms with Crippen LogP contribution in [0.4, 0.5) is 0 Å². The molecular weight excluding hydrogens is 228 g/mol. The minimum absolute atomic E-state index is 0.218. The number of carbonyl (C=O) groups excluding carboxylic acids is 1. The molecule has 0 spiro atoms. The van der Waals surface area contributed by atoms with Gasteiger partial charge in [0.1, 0.15) is 6.61 Å². The second-order valence-corrected chi connectivity index (χ2v) is 6.69. The Balaban J connectivity index is 1.51. The van der Waals surface area contributed by atoms with Crippen molar-refractivity contribution in [2.75, 3.05) is 13.2 Å². The lowest BCUT2D eigenvalue weighted by Crippen LogP contribution is -2.39. The summed E-state index contributed by atoms with van der Waals surface area (Å²) >= 11 is 0. The number of hydrogen-bond donors (Lipinski definition) is 0. The van der Waals surface area contributed by atoms with E-state index < -0.39 is 0 Å². The zero-order chi connectivity index (χ0) is 12.8. The Morgan fingerprint density at radius 3 is 2.44 bits per heavy atom. The fraction of sp³-hybridized carbons (Fsp3) is 0.933. The van der Waals surface area contributed by atoms with Crippen LogP contribution in [0.5, 0.6) is 0 Å². The van der Waals surface area contributed by atoms with Crippen molar-refractivity contribution in [1.29, 1.82) is 0 Å². The highest BCUT2D eigenvalue weighted by atomic mass is 16.6. The Morgan fingerprint density at radius 1 is 1.22 bits per heavy atom. The summed E-state index contributed by atoms with van der Waals surface area (Å²) < 4.78 is 10.9. The van der Waals surface area contributed by atoms with Crippen molar-refractivity contribution in [2.45, 2.75) is 52.1 Å². The fourth-order valence-electron chi connectivity index (χ4n) is 4.96. The number of rotatable bonds is 5. The van der Waals surface area contributed by atoms with Crippen molar-refractivity contribution in [3.8, 4) is 0 Å². The van der Waals surface area contributed by atoms with Crippen LogP contribution in [0.15, 0.2) is 0 Å². The predicted molar refractivity (Wildman–Crippen MR) is 68.0 cm³/mol. The summed E-state index contributed by atoms with van der Waals surface area (Å²) in [4.78, 5) is 10.7. The molecular formula is C15H24O3. The molecule has 3 unspecified atom stereocenters. The van der Waals surface area contributed by atoms with Gasteiger partial charge in [-0.05, 0) is 62.2 Å². The van der Waals surface area contributed by atoms with Crippen molar-refractivity contribution in [3.63, 3.8) is 0 Å². The van der Waals surface area contributed by atoms with E-state index in [2.05, 4.69) is 6.92 Å². The Hall–Kier alpha value is -0.570. The summed E-state index contributed by atoms with van der Waals surface area (Å²) in [6, 6.07) is 0. The summed E-state index contributed by atoms with van der Waals surface area (Å²) in [5.41, 5.74) is 0.451. The molecule has 0 aromatic rings. The molecule has 0 heterocycles. The summed E-state index contributed by atoms with van der Waals surface area (Å²) in [6.45, 7) is 4.60. The molecule has 0 aromatic carbocycles. The van der Waals surface area contributed by atoms with Crippen LogP contribution in [0, 0.1) is 23.2 Å². The van der Waals surface area contributed by atoms with Crippen molar-refractivity contribution in [2.24, 2.45) is 23.2 Å². The van der Waals surface area contributed by atoms with Gasteiger partial charge in [0.15, 0.2) is 0 Å². The van der Waals surface area contributed by atoms with Gasteiger partial charge >= 0.3 is 5.97 Å². The molecule has 0 amide bonds. The summed E-state index contributed by atoms with van der Waals surface area (Å²) in [5, 5.41) is 0. The maximum atomic E-state index is 10.7. The lowest BCUT2D eigenvalue weighted by atomic mass is 9.66. The molecule has 0 saturated heterocycles. The smallest absolute Gasteiger partial charge is 0.302 e. The Bertz CT molecular complexity index is 319. The third-order valence-corrected chi connectivity index (χ3v) is 5.59. The van der Waals surface area contributed by atoms with Crippen LogP contribution in [0.2, 0.25) is 0 Å². The SMILES string of the molecule is CC(=O)OCCOC(C)C12CC3CC(C1)C(C3)C2. The van der Waals surface area contributed by atoms with E-state index in [9.17, 15) is 4.79 Å². The third kappa shape index (κ3) is 2.07. The molecule has 0 radical (unpaired) electrons. The number of carbonyl (C=O) groups is 1. The van der Waals surface area contributed by atoms with Gasteiger partial charge in [0, 0.05) is 6.92 Å². The zero-order valence-electron chi connectivity index (χ0n) is 11.5. The van der Waals surface area contributed by atoms with Gasteiger partial charge in [-0.15, -0.1) is 0 Å². The normalized spacial score (nSPS) is 42.2. The van der Waals surface area contributed by atoms with E-state index in [0.29, 0.717) is 24.7 Å². The van der Waals surface area contributed by atoms with E-state index in [1.54, 1.807) is 0 Å². The van der Waals surface area contributed by atoms with Crippen molar-refractivity contribution in [3.05, 3.63) is 0 Å². The lowest BCUT2D eigenvalue weighted by molar-refractivity contribution is -0.144. The summed E-state index contributed by atoms with van der Waals surface area (Å²) in [6.07, 6.45) is 7.41. The zero-order valence-corrected chi connectivity index (χ0v) is 11.5. The van der Waals surface area contributed by atoms with Gasteiger partial charge in [-0.25, -0.2) is 0 Å². The average molecular weight is 252 g/mol. The van der Waals surface area contributed by atoms with E-state index in [1.807, 2.05) is 0 Å². The minimum Gasteiger partial charge on any atom is -0.463 e. The highest BCUT2D eigenvalue weighted by Crippen LogP contribution is 2.65. The summed E-state index contributed by atoms with van der Waals surface area (Å²) in [5.74, 6) is 2.73. The molecule has 3 heteroatoms. The molecule has 3 nitrogen and oxygen atoms in total. The first-order valence-electron chi connectivity index (χ1n) is 7.34. The number of hydrogen-bond acceptors (Lipinski definition) is 3. The van der Waals surface area contributed by atoms with Crippen molar-refractivity contribution < 1.29 is 14.3 Å². The van der Waals surface area contributed by atoms with Crippen LogP contribution in [0.25, 0.3) is 0 Å². The van der Waals surface area contributed by atoms with Crippen molar-refractivity contribution in [1.82, 2.24) is 0 Å². The van der Waals surface area contributed by atoms with E-state index in [1.165, 1.54) is 39.0 Å². The first-order valence-corrected chi connectivity index (χ1v) is 7.34. The Kier molecular flexibility index (Phi) is 3.13. The van der Waals surface area contributed by atoms with Gasteiger partial charge in [0.2, 0.25) is 0 Å². The van der Waals surface area contributed by atoms with Gasteiger partial charge in [0.25, 0.3) is 0 Å². The topological polar surface area (TPSA) is 35.5 Å². The molecule has 4 fully saturated rings. The van der Waals surface area contributed by atoms with Crippen LogP contribution in [-0.2, 0) is 14.3 Å². The first kappa shape index (κ1) is 12.5. The molecule has 18 heavy (non-hydrogen) atoms. The van der Waals surface area contributed by atoms with Crippen LogP contribution < -0.4 is 0 Å². The van der Waals surface area contributed by atoms with Gasteiger partial charge in [-0.3, -0.25) is 4.79 Å². The number of esters is 1. The maximum Gasteiger partial charge on any atom is 0.302 e. The third-order valence-electron chi connectivity index (χ3n) is 5.59. The fourth-order valence-corrected chi connectivity index (χ4v) is 4.96. The lowest BCUT2D eigenvalue weighted by Gasteiger charge is -2.42. The monoisotopic (exact) mass is 252 g/mol. The van der Waals surface area contributed by atoms with Crippen LogP contribution in [0.3, 0.4) is 0 Å². The molecule has 102 valence electrons. The van der Waals surface area contributed by atoms with E-state index in [4.69, 9.17) is 9.47 Å². The van der Waals surface area contributed by atoms with E-state index in [-0.39, 0.29) is 5.97 Å². The Morgan fingerprint density at radius 2 is 1.89 bits per heavy atom. The largest absolute Gasteiger partial charge is 0.463 e. The standard InChI is InChI=1S/C15H24O3/c1-10(17-3-4-18-11(2)16)15-7-12-5-13(8-15)14(6-12)9-15/h10,12-14H,3-9H2,1-2H3. The van der Waals surface area contributed by atoms with Crippen LogP contribution in [-0.4, -0.2) is 25.3 Å². The molecule has 0 N–H and O–H groups in total. The highest BCUT2D eigenvalue weighted by molar-refractivity contribution is 5.65. The molecule has 4 aliphatic rings. The van der Waals surface area contributed by atoms with E-state index >= 15 is 0 Å². The highest BCUT2D eigenvalue weighted by Gasteiger charge is 2.57. The predicted octanol–water partition coefficient (Wildman–Crippen LogP) is 2.78. The maximum absolute atomic E-state index is 10.7. The number of ether oxygens (including phenoxy) is 2. The first-order chi connectivity index (χ1) is 8.59. The molecule has 4 saturated carbocycles. The van der Waals surface area contributed by atoms with E-state index in [0.717, 1.165) is 17.8 Å². The molecule has 0 aliphatic heterocycles. The van der Waals surface area contributed by atoms with Gasteiger partial charge in [0.05, 0.1) is 12.7 Å². The van der Waals surface area contributed by atoms with Crippen LogP contribution in [0.1, 0.15) is 46.0 Å². The second kappa shape index (κ2) is 4.52. The minimum atomic E-state index is -0.218. The Labute approximate surface area is 109 Å². The molecule has 3 atom stereocenters. The van der Waals surface area contributed by atoms with Crippen LogP contribution >= 0.6 is 0 Å². The average Bonchev–Trinajstić information content (AvgIpc) is 2.72.